The third-order valence-electron chi connectivity index (χ3n) is 5.12. The lowest BCUT2D eigenvalue weighted by atomic mass is 9.90. The van der Waals surface area contributed by atoms with Crippen molar-refractivity contribution in [2.24, 2.45) is 0 Å². The number of rotatable bonds is 4. The fourth-order valence-corrected chi connectivity index (χ4v) is 3.42. The molecule has 1 unspecified atom stereocenters. The summed E-state index contributed by atoms with van der Waals surface area (Å²) in [6.45, 7) is 0.811. The van der Waals surface area contributed by atoms with Gasteiger partial charge in [0.1, 0.15) is 12.1 Å². The van der Waals surface area contributed by atoms with Crippen molar-refractivity contribution < 1.29 is 32.3 Å². The molecule has 0 aliphatic carbocycles. The zero-order valence-electron chi connectivity index (χ0n) is 16.4. The van der Waals surface area contributed by atoms with Gasteiger partial charge in [0.25, 0.3) is 5.91 Å². The van der Waals surface area contributed by atoms with E-state index in [0.717, 1.165) is 24.1 Å². The molecule has 0 saturated carbocycles. The zero-order chi connectivity index (χ0) is 23.0. The number of alkyl halides is 3. The van der Waals surface area contributed by atoms with Gasteiger partial charge in [-0.1, -0.05) is 30.3 Å². The number of hydrogen-bond acceptors (Lipinski definition) is 5. The van der Waals surface area contributed by atoms with Crippen LogP contribution >= 0.6 is 0 Å². The zero-order valence-corrected chi connectivity index (χ0v) is 16.4. The molecule has 1 saturated heterocycles. The molecule has 0 aromatic heterocycles. The average Bonchev–Trinajstić information content (AvgIpc) is 2.94. The lowest BCUT2D eigenvalue weighted by molar-refractivity contribution is -0.143. The highest BCUT2D eigenvalue weighted by Crippen LogP contribution is 2.41. The summed E-state index contributed by atoms with van der Waals surface area (Å²) in [4.78, 5) is 40.0. The summed E-state index contributed by atoms with van der Waals surface area (Å²) in [5, 5.41) is 8.98. The van der Waals surface area contributed by atoms with Crippen LogP contribution in [0.5, 0.6) is 0 Å². The maximum absolute atomic E-state index is 13.4. The smallest absolute Gasteiger partial charge is 0.417 e. The minimum atomic E-state index is -4.87. The molecule has 1 atom stereocenters. The van der Waals surface area contributed by atoms with Crippen molar-refractivity contribution in [2.75, 3.05) is 18.6 Å². The van der Waals surface area contributed by atoms with Crippen molar-refractivity contribution in [1.82, 2.24) is 4.90 Å². The number of carbonyl (C=O) groups is 3. The molecule has 2 aromatic carbocycles. The van der Waals surface area contributed by atoms with E-state index >= 15 is 0 Å². The number of carbonyl (C=O) groups excluding carboxylic acids is 3. The number of urea groups is 1. The first kappa shape index (κ1) is 21.8. The Bertz CT molecular complexity index is 1100. The van der Waals surface area contributed by atoms with Crippen LogP contribution in [-0.2, 0) is 26.0 Å². The second-order valence-electron chi connectivity index (χ2n) is 6.86. The van der Waals surface area contributed by atoms with Crippen molar-refractivity contribution in [1.29, 1.82) is 5.26 Å². The number of anilines is 1. The quantitative estimate of drug-likeness (QED) is 0.547. The van der Waals surface area contributed by atoms with Gasteiger partial charge in [-0.2, -0.15) is 18.4 Å². The molecule has 0 radical (unpaired) electrons. The molecule has 1 fully saturated rings. The number of imide groups is 1. The highest BCUT2D eigenvalue weighted by molar-refractivity contribution is 6.23. The van der Waals surface area contributed by atoms with Gasteiger partial charge in [0, 0.05) is 0 Å². The largest absolute Gasteiger partial charge is 0.468 e. The Labute approximate surface area is 175 Å². The Hall–Kier alpha value is -3.87. The minimum Gasteiger partial charge on any atom is -0.468 e. The van der Waals surface area contributed by atoms with Crippen LogP contribution in [0.25, 0.3) is 0 Å². The number of nitrogens with zero attached hydrogens (tertiary/aromatic N) is 3. The molecule has 0 N–H and O–H groups in total. The molecule has 3 amide bonds. The average molecular weight is 431 g/mol. The van der Waals surface area contributed by atoms with Gasteiger partial charge >= 0.3 is 18.2 Å². The van der Waals surface area contributed by atoms with Crippen LogP contribution in [0.4, 0.5) is 23.7 Å². The minimum absolute atomic E-state index is 0.365. The van der Waals surface area contributed by atoms with Crippen molar-refractivity contribution >= 4 is 23.6 Å². The number of esters is 1. The second kappa shape index (κ2) is 7.75. The first-order chi connectivity index (χ1) is 14.6. The molecule has 1 aliphatic heterocycles. The fourth-order valence-electron chi connectivity index (χ4n) is 3.42. The first-order valence-electron chi connectivity index (χ1n) is 8.95. The number of amides is 3. The van der Waals surface area contributed by atoms with E-state index < -0.39 is 47.3 Å². The maximum Gasteiger partial charge on any atom is 0.417 e. The molecule has 3 rings (SSSR count). The number of methoxy groups -OCH3 is 1. The standard InChI is InChI=1S/C21H16F3N3O4/c1-20(14-6-4-3-5-7-14)18(29)27(19(30)26(20)12-17(28)31-2)15-9-8-13(11-25)16(10-15)21(22,23)24/h3-10H,12H2,1-2H3. The van der Waals surface area contributed by atoms with Gasteiger partial charge < -0.3 is 4.74 Å². The maximum atomic E-state index is 13.4. The Balaban J connectivity index is 2.17. The molecule has 0 bridgehead atoms. The molecule has 160 valence electrons. The van der Waals surface area contributed by atoms with Crippen LogP contribution < -0.4 is 4.90 Å². The monoisotopic (exact) mass is 431 g/mol. The highest BCUT2D eigenvalue weighted by Gasteiger charge is 2.56. The molecule has 0 spiro atoms. The van der Waals surface area contributed by atoms with E-state index in [2.05, 4.69) is 4.74 Å². The van der Waals surface area contributed by atoms with Crippen LogP contribution in [0.1, 0.15) is 23.6 Å². The summed E-state index contributed by atoms with van der Waals surface area (Å²) in [6.07, 6.45) is -4.87. The van der Waals surface area contributed by atoms with Gasteiger partial charge in [0.2, 0.25) is 0 Å². The predicted octanol–water partition coefficient (Wildman–Crippen LogP) is 3.43. The third-order valence-corrected chi connectivity index (χ3v) is 5.12. The summed E-state index contributed by atoms with van der Waals surface area (Å²) >= 11 is 0. The molecule has 31 heavy (non-hydrogen) atoms. The fraction of sp³-hybridized carbons (Fsp3) is 0.238. The molecule has 7 nitrogen and oxygen atoms in total. The number of ether oxygens (including phenoxy) is 1. The van der Waals surface area contributed by atoms with Crippen LogP contribution in [0, 0.1) is 11.3 Å². The second-order valence-corrected chi connectivity index (χ2v) is 6.86. The summed E-state index contributed by atoms with van der Waals surface area (Å²) in [7, 11) is 1.11. The van der Waals surface area contributed by atoms with E-state index in [1.54, 1.807) is 30.3 Å². The van der Waals surface area contributed by atoms with Gasteiger partial charge in [-0.15, -0.1) is 0 Å². The third kappa shape index (κ3) is 3.59. The van der Waals surface area contributed by atoms with Gasteiger partial charge in [0.05, 0.1) is 30.0 Å². The van der Waals surface area contributed by atoms with Crippen LogP contribution in [0.2, 0.25) is 0 Å². The Morgan fingerprint density at radius 1 is 1.16 bits per heavy atom. The van der Waals surface area contributed by atoms with E-state index in [1.165, 1.54) is 13.0 Å². The topological polar surface area (TPSA) is 90.7 Å². The Morgan fingerprint density at radius 2 is 1.81 bits per heavy atom. The summed E-state index contributed by atoms with van der Waals surface area (Å²) in [6, 6.07) is 11.1. The first-order valence-corrected chi connectivity index (χ1v) is 8.95. The van der Waals surface area contributed by atoms with E-state index in [-0.39, 0.29) is 5.69 Å². The lowest BCUT2D eigenvalue weighted by Gasteiger charge is -2.31. The van der Waals surface area contributed by atoms with Gasteiger partial charge in [0.15, 0.2) is 0 Å². The lowest BCUT2D eigenvalue weighted by Crippen LogP contribution is -2.46. The summed E-state index contributed by atoms with van der Waals surface area (Å²) in [5.74, 6) is -1.65. The SMILES string of the molecule is COC(=O)CN1C(=O)N(c2ccc(C#N)c(C(F)(F)F)c2)C(=O)C1(C)c1ccccc1. The van der Waals surface area contributed by atoms with Crippen molar-refractivity contribution in [3.8, 4) is 6.07 Å². The number of halogens is 3. The van der Waals surface area contributed by atoms with Crippen molar-refractivity contribution in [2.45, 2.75) is 18.6 Å². The van der Waals surface area contributed by atoms with E-state index in [4.69, 9.17) is 5.26 Å². The molecule has 1 heterocycles. The Kier molecular flexibility index (Phi) is 5.46. The molecule has 1 aliphatic rings. The van der Waals surface area contributed by atoms with Gasteiger partial charge in [-0.05, 0) is 30.7 Å². The highest BCUT2D eigenvalue weighted by atomic mass is 19.4. The number of nitriles is 1. The normalized spacial score (nSPS) is 18.8. The number of hydrogen-bond donors (Lipinski definition) is 0. The summed E-state index contributed by atoms with van der Waals surface area (Å²) in [5.41, 5.74) is -3.59. The summed E-state index contributed by atoms with van der Waals surface area (Å²) < 4.78 is 44.8. The molecule has 10 heteroatoms. The molecule has 2 aromatic rings. The number of benzene rings is 2. The predicted molar refractivity (Wildman–Crippen MR) is 102 cm³/mol. The van der Waals surface area contributed by atoms with Crippen LogP contribution in [0.15, 0.2) is 48.5 Å². The van der Waals surface area contributed by atoms with Crippen molar-refractivity contribution in [3.63, 3.8) is 0 Å². The molecular formula is C21H16F3N3O4. The van der Waals surface area contributed by atoms with Gasteiger partial charge in [-0.25, -0.2) is 9.69 Å². The van der Waals surface area contributed by atoms with E-state index in [0.29, 0.717) is 16.5 Å². The van der Waals surface area contributed by atoms with Crippen LogP contribution in [0.3, 0.4) is 0 Å². The van der Waals surface area contributed by atoms with Gasteiger partial charge in [-0.3, -0.25) is 14.5 Å². The Morgan fingerprint density at radius 3 is 2.35 bits per heavy atom. The van der Waals surface area contributed by atoms with E-state index in [1.807, 2.05) is 0 Å². The van der Waals surface area contributed by atoms with Crippen LogP contribution in [-0.4, -0.2) is 36.5 Å². The molecular weight excluding hydrogens is 415 g/mol. The van der Waals surface area contributed by atoms with E-state index in [9.17, 15) is 27.6 Å². The van der Waals surface area contributed by atoms with Crippen molar-refractivity contribution in [3.05, 3.63) is 65.2 Å².